The van der Waals surface area contributed by atoms with Crippen LogP contribution in [0, 0.1) is 12.8 Å². The third-order valence-corrected chi connectivity index (χ3v) is 5.36. The Labute approximate surface area is 187 Å². The highest BCUT2D eigenvalue weighted by molar-refractivity contribution is 5.97. The number of aromatic nitrogens is 3. The lowest BCUT2D eigenvalue weighted by Crippen LogP contribution is -2.25. The Kier molecular flexibility index (Phi) is 6.18. The predicted octanol–water partition coefficient (Wildman–Crippen LogP) is 2.46. The van der Waals surface area contributed by atoms with E-state index in [4.69, 9.17) is 21.1 Å². The van der Waals surface area contributed by atoms with Gasteiger partial charge in [-0.15, -0.1) is 5.10 Å². The van der Waals surface area contributed by atoms with Gasteiger partial charge in [-0.3, -0.25) is 4.98 Å². The van der Waals surface area contributed by atoms with Gasteiger partial charge in [0.05, 0.1) is 25.5 Å². The van der Waals surface area contributed by atoms with E-state index in [9.17, 15) is 0 Å². The van der Waals surface area contributed by atoms with Crippen molar-refractivity contribution in [3.63, 3.8) is 0 Å². The van der Waals surface area contributed by atoms with Crippen LogP contribution in [0.3, 0.4) is 0 Å². The minimum absolute atomic E-state index is 0.338. The molecule has 4 rings (SSSR count). The fourth-order valence-corrected chi connectivity index (χ4v) is 3.52. The van der Waals surface area contributed by atoms with E-state index in [-0.39, 0.29) is 0 Å². The van der Waals surface area contributed by atoms with Crippen molar-refractivity contribution in [1.82, 2.24) is 20.1 Å². The number of hydrazine groups is 1. The van der Waals surface area contributed by atoms with Crippen LogP contribution in [0.4, 0.5) is 0 Å². The first kappa shape index (κ1) is 21.5. The zero-order valence-electron chi connectivity index (χ0n) is 18.4. The number of ether oxygens (including phenoxy) is 2. The van der Waals surface area contributed by atoms with Crippen molar-refractivity contribution in [1.29, 1.82) is 0 Å². The molecule has 32 heavy (non-hydrogen) atoms. The average molecular weight is 434 g/mol. The predicted molar refractivity (Wildman–Crippen MR) is 122 cm³/mol. The summed E-state index contributed by atoms with van der Waals surface area (Å²) < 4.78 is 11.3. The third-order valence-electron chi connectivity index (χ3n) is 5.36. The van der Waals surface area contributed by atoms with Gasteiger partial charge >= 0.3 is 0 Å². The smallest absolute Gasteiger partial charge is 0.224 e. The molecule has 0 bridgehead atoms. The van der Waals surface area contributed by atoms with Crippen molar-refractivity contribution in [2.75, 3.05) is 20.8 Å². The normalized spacial score (nSPS) is 17.7. The van der Waals surface area contributed by atoms with Gasteiger partial charge in [0.15, 0.2) is 5.84 Å². The number of pyridine rings is 1. The molecule has 9 nitrogen and oxygen atoms in total. The summed E-state index contributed by atoms with van der Waals surface area (Å²) in [5.74, 6) is 8.67. The molecule has 1 saturated carbocycles. The maximum absolute atomic E-state index is 6.15. The molecule has 1 aromatic carbocycles. The molecule has 1 aliphatic carbocycles. The minimum Gasteiger partial charge on any atom is -0.495 e. The fraction of sp³-hybridized carbons (Fsp3) is 0.304. The molecule has 2 atom stereocenters. The molecule has 1 fully saturated rings. The number of amidine groups is 1. The van der Waals surface area contributed by atoms with E-state index >= 15 is 0 Å². The van der Waals surface area contributed by atoms with Gasteiger partial charge in [-0.1, -0.05) is 24.3 Å². The summed E-state index contributed by atoms with van der Waals surface area (Å²) in [5, 5.41) is 5.20. The van der Waals surface area contributed by atoms with Gasteiger partial charge in [0, 0.05) is 36.3 Å². The highest BCUT2D eigenvalue weighted by Crippen LogP contribution is 2.47. The number of hydrogen-bond donors (Lipinski definition) is 2. The van der Waals surface area contributed by atoms with Crippen LogP contribution in [-0.2, 0) is 0 Å². The highest BCUT2D eigenvalue weighted by Gasteiger charge is 2.40. The Hall–Kier alpha value is -3.72. The number of hydrazone groups is 1. The lowest BCUT2D eigenvalue weighted by Gasteiger charge is -2.12. The second-order valence-corrected chi connectivity index (χ2v) is 7.81. The number of benzene rings is 1. The molecule has 0 saturated heterocycles. The van der Waals surface area contributed by atoms with Gasteiger partial charge in [-0.2, -0.15) is 4.98 Å². The number of nitrogens with zero attached hydrogens (tertiary/aromatic N) is 5. The lowest BCUT2D eigenvalue weighted by molar-refractivity contribution is 0.285. The SMILES string of the molecule is COc1ccc(C2CC2COc2nc(C)ncc2-c2ccc(/C(N)=N/N(C)N)cc2)nc1. The molecule has 0 radical (unpaired) electrons. The average Bonchev–Trinajstić information content (AvgIpc) is 3.57. The largest absolute Gasteiger partial charge is 0.495 e. The van der Waals surface area contributed by atoms with Crippen LogP contribution < -0.4 is 21.1 Å². The maximum atomic E-state index is 6.15. The Morgan fingerprint density at radius 3 is 2.59 bits per heavy atom. The van der Waals surface area contributed by atoms with Gasteiger partial charge in [0.25, 0.3) is 0 Å². The molecule has 3 aromatic rings. The van der Waals surface area contributed by atoms with Crippen molar-refractivity contribution >= 4 is 5.84 Å². The van der Waals surface area contributed by atoms with E-state index in [0.29, 0.717) is 36.0 Å². The molecular weight excluding hydrogens is 406 g/mol. The molecule has 9 heteroatoms. The van der Waals surface area contributed by atoms with Crippen molar-refractivity contribution in [2.45, 2.75) is 19.3 Å². The summed E-state index contributed by atoms with van der Waals surface area (Å²) in [6.45, 7) is 2.42. The zero-order chi connectivity index (χ0) is 22.7. The van der Waals surface area contributed by atoms with Crippen molar-refractivity contribution < 1.29 is 9.47 Å². The summed E-state index contributed by atoms with van der Waals surface area (Å²) in [6.07, 6.45) is 4.58. The standard InChI is InChI=1S/C23H27N7O2/c1-14-26-12-20(15-4-6-16(7-5-15)22(24)29-30(2)25)23(28-14)32-13-17-10-19(17)21-9-8-18(31-3)11-27-21/h4-9,11-12,17,19H,10,13,25H2,1-3H3,(H2,24,29). The van der Waals surface area contributed by atoms with Crippen LogP contribution in [0.2, 0.25) is 0 Å². The van der Waals surface area contributed by atoms with E-state index in [1.54, 1.807) is 26.6 Å². The summed E-state index contributed by atoms with van der Waals surface area (Å²) in [7, 11) is 3.25. The van der Waals surface area contributed by atoms with Gasteiger partial charge < -0.3 is 15.2 Å². The van der Waals surface area contributed by atoms with Gasteiger partial charge in [0.2, 0.25) is 5.88 Å². The monoisotopic (exact) mass is 433 g/mol. The third kappa shape index (κ3) is 4.94. The Morgan fingerprint density at radius 1 is 1.16 bits per heavy atom. The fourth-order valence-electron chi connectivity index (χ4n) is 3.52. The van der Waals surface area contributed by atoms with E-state index in [1.807, 2.05) is 43.3 Å². The molecular formula is C23H27N7O2. The number of nitrogens with two attached hydrogens (primary N) is 2. The molecule has 0 amide bonds. The minimum atomic E-state index is 0.338. The molecule has 2 aromatic heterocycles. The highest BCUT2D eigenvalue weighted by atomic mass is 16.5. The second kappa shape index (κ2) is 9.19. The summed E-state index contributed by atoms with van der Waals surface area (Å²) in [5.41, 5.74) is 9.56. The lowest BCUT2D eigenvalue weighted by atomic mass is 10.1. The summed E-state index contributed by atoms with van der Waals surface area (Å²) in [4.78, 5) is 13.4. The topological polar surface area (TPSA) is 125 Å². The molecule has 1 aliphatic rings. The first-order valence-corrected chi connectivity index (χ1v) is 10.3. The van der Waals surface area contributed by atoms with Crippen molar-refractivity contribution in [3.05, 3.63) is 65.9 Å². The molecule has 2 unspecified atom stereocenters. The Balaban J connectivity index is 1.46. The van der Waals surface area contributed by atoms with Crippen LogP contribution in [0.1, 0.15) is 29.4 Å². The van der Waals surface area contributed by atoms with Crippen LogP contribution >= 0.6 is 0 Å². The first-order chi connectivity index (χ1) is 15.4. The molecule has 4 N–H and O–H groups in total. The van der Waals surface area contributed by atoms with Crippen molar-refractivity contribution in [2.24, 2.45) is 22.6 Å². The Morgan fingerprint density at radius 2 is 1.94 bits per heavy atom. The van der Waals surface area contributed by atoms with Crippen molar-refractivity contribution in [3.8, 4) is 22.8 Å². The van der Waals surface area contributed by atoms with Crippen LogP contribution in [0.25, 0.3) is 11.1 Å². The quantitative estimate of drug-likeness (QED) is 0.240. The molecule has 2 heterocycles. The van der Waals surface area contributed by atoms with E-state index in [2.05, 4.69) is 20.1 Å². The molecule has 0 spiro atoms. The molecule has 166 valence electrons. The Bertz CT molecular complexity index is 1100. The number of hydrogen-bond acceptors (Lipinski definition) is 8. The first-order valence-electron chi connectivity index (χ1n) is 10.3. The number of aryl methyl sites for hydroxylation is 1. The molecule has 0 aliphatic heterocycles. The van der Waals surface area contributed by atoms with Gasteiger partial charge in [-0.05, 0) is 31.0 Å². The van der Waals surface area contributed by atoms with Gasteiger partial charge in [0.1, 0.15) is 11.6 Å². The maximum Gasteiger partial charge on any atom is 0.224 e. The van der Waals surface area contributed by atoms with E-state index < -0.39 is 0 Å². The number of methoxy groups -OCH3 is 1. The number of rotatable bonds is 8. The summed E-state index contributed by atoms with van der Waals surface area (Å²) in [6, 6.07) is 11.6. The van der Waals surface area contributed by atoms with Gasteiger partial charge in [-0.25, -0.2) is 15.9 Å². The van der Waals surface area contributed by atoms with Crippen LogP contribution in [-0.4, -0.2) is 46.7 Å². The van der Waals surface area contributed by atoms with Crippen LogP contribution in [0.5, 0.6) is 11.6 Å². The van der Waals surface area contributed by atoms with E-state index in [0.717, 1.165) is 34.6 Å². The summed E-state index contributed by atoms with van der Waals surface area (Å²) >= 11 is 0. The second-order valence-electron chi connectivity index (χ2n) is 7.81. The zero-order valence-corrected chi connectivity index (χ0v) is 18.4. The van der Waals surface area contributed by atoms with E-state index in [1.165, 1.54) is 5.12 Å². The van der Waals surface area contributed by atoms with Crippen LogP contribution in [0.15, 0.2) is 53.9 Å².